The summed E-state index contributed by atoms with van der Waals surface area (Å²) in [5, 5.41) is 15.8. The summed E-state index contributed by atoms with van der Waals surface area (Å²) in [6, 6.07) is 0. The number of halogens is 3. The molecule has 4 rings (SSSR count). The predicted molar refractivity (Wildman–Crippen MR) is 92.4 cm³/mol. The fourth-order valence-electron chi connectivity index (χ4n) is 3.82. The van der Waals surface area contributed by atoms with E-state index in [0.29, 0.717) is 24.3 Å². The lowest BCUT2D eigenvalue weighted by molar-refractivity contribution is -0.192. The number of aliphatic carboxylic acids is 1. The molecule has 1 unspecified atom stereocenters. The van der Waals surface area contributed by atoms with Crippen LogP contribution in [0.15, 0.2) is 0 Å². The molecule has 3 atom stereocenters. The van der Waals surface area contributed by atoms with Gasteiger partial charge in [-0.1, -0.05) is 0 Å². The normalized spacial score (nSPS) is 25.6. The number of carboxylic acids is 1. The van der Waals surface area contributed by atoms with Crippen molar-refractivity contribution in [2.24, 2.45) is 17.8 Å². The van der Waals surface area contributed by atoms with Crippen LogP contribution < -0.4 is 0 Å². The summed E-state index contributed by atoms with van der Waals surface area (Å²) >= 11 is 0. The van der Waals surface area contributed by atoms with E-state index >= 15 is 0 Å². The van der Waals surface area contributed by atoms with Gasteiger partial charge in [0.2, 0.25) is 5.91 Å². The summed E-state index contributed by atoms with van der Waals surface area (Å²) in [4.78, 5) is 25.7. The fourth-order valence-corrected chi connectivity index (χ4v) is 3.82. The summed E-state index contributed by atoms with van der Waals surface area (Å²) in [5.41, 5.74) is 0. The Hall–Kier alpha value is -2.21. The Morgan fingerprint density at radius 3 is 2.38 bits per heavy atom. The van der Waals surface area contributed by atoms with Crippen LogP contribution in [0.25, 0.3) is 0 Å². The third-order valence-corrected chi connectivity index (χ3v) is 5.30. The van der Waals surface area contributed by atoms with Crippen molar-refractivity contribution >= 4 is 11.9 Å². The van der Waals surface area contributed by atoms with Crippen LogP contribution in [0, 0.1) is 17.8 Å². The second kappa shape index (κ2) is 8.27. The smallest absolute Gasteiger partial charge is 0.475 e. The van der Waals surface area contributed by atoms with E-state index in [2.05, 4.69) is 19.7 Å². The van der Waals surface area contributed by atoms with Crippen molar-refractivity contribution in [3.05, 3.63) is 11.6 Å². The fraction of sp³-hybridized carbons (Fsp3) is 0.765. The van der Waals surface area contributed by atoms with Crippen molar-refractivity contribution < 1.29 is 32.6 Å². The van der Waals surface area contributed by atoms with Gasteiger partial charge >= 0.3 is 12.1 Å². The number of alkyl halides is 3. The molecule has 0 aromatic carbocycles. The number of aromatic nitrogens is 3. The molecule has 2 fully saturated rings. The maximum Gasteiger partial charge on any atom is 0.490 e. The molecule has 0 radical (unpaired) electrons. The van der Waals surface area contributed by atoms with Gasteiger partial charge in [0.05, 0.1) is 26.3 Å². The molecule has 1 aromatic heterocycles. The summed E-state index contributed by atoms with van der Waals surface area (Å²) in [7, 11) is 4.06. The van der Waals surface area contributed by atoms with Crippen molar-refractivity contribution in [3.63, 3.8) is 0 Å². The lowest BCUT2D eigenvalue weighted by Crippen LogP contribution is -2.33. The second-order valence-electron chi connectivity index (χ2n) is 7.73. The van der Waals surface area contributed by atoms with Crippen molar-refractivity contribution in [1.29, 1.82) is 0 Å². The summed E-state index contributed by atoms with van der Waals surface area (Å²) in [6.45, 7) is 4.62. The predicted octanol–water partition coefficient (Wildman–Crippen LogP) is 0.598. The van der Waals surface area contributed by atoms with Gasteiger partial charge in [0.25, 0.3) is 0 Å². The van der Waals surface area contributed by atoms with E-state index in [4.69, 9.17) is 14.6 Å². The van der Waals surface area contributed by atoms with Crippen LogP contribution in [-0.4, -0.2) is 81.6 Å². The van der Waals surface area contributed by atoms with E-state index in [0.717, 1.165) is 50.9 Å². The number of amides is 1. The molecule has 1 aliphatic carbocycles. The summed E-state index contributed by atoms with van der Waals surface area (Å²) in [6.07, 6.45) is -4.12. The number of ether oxygens (including phenoxy) is 1. The van der Waals surface area contributed by atoms with Crippen LogP contribution in [0.2, 0.25) is 0 Å². The average Bonchev–Trinajstić information content (AvgIpc) is 2.99. The number of hydrogen-bond donors (Lipinski definition) is 1. The number of rotatable bonds is 3. The van der Waals surface area contributed by atoms with Crippen LogP contribution in [0.5, 0.6) is 0 Å². The Balaban J connectivity index is 0.000000298. The van der Waals surface area contributed by atoms with Crippen molar-refractivity contribution in [2.45, 2.75) is 32.2 Å². The first-order valence-electron chi connectivity index (χ1n) is 9.32. The molecule has 3 aliphatic rings. The molecular weight excluding hydrogens is 395 g/mol. The van der Waals surface area contributed by atoms with Gasteiger partial charge in [-0.3, -0.25) is 4.79 Å². The second-order valence-corrected chi connectivity index (χ2v) is 7.73. The lowest BCUT2D eigenvalue weighted by Gasteiger charge is -2.20. The highest BCUT2D eigenvalue weighted by Gasteiger charge is 2.59. The Labute approximate surface area is 165 Å². The topological polar surface area (TPSA) is 101 Å². The molecular formula is C17H24F3N5O4. The lowest BCUT2D eigenvalue weighted by atomic mass is 10.2. The quantitative estimate of drug-likeness (QED) is 0.766. The van der Waals surface area contributed by atoms with Gasteiger partial charge in [-0.2, -0.15) is 13.2 Å². The van der Waals surface area contributed by atoms with Crippen molar-refractivity contribution in [3.8, 4) is 0 Å². The molecule has 0 bridgehead atoms. The van der Waals surface area contributed by atoms with Gasteiger partial charge in [0, 0.05) is 19.0 Å². The Bertz CT molecular complexity index is 757. The number of hydrogen-bond acceptors (Lipinski definition) is 6. The highest BCUT2D eigenvalue weighted by Crippen LogP contribution is 2.51. The first-order chi connectivity index (χ1) is 13.6. The zero-order valence-electron chi connectivity index (χ0n) is 16.2. The van der Waals surface area contributed by atoms with Crippen LogP contribution in [0.1, 0.15) is 18.1 Å². The van der Waals surface area contributed by atoms with Gasteiger partial charge < -0.3 is 24.2 Å². The molecule has 1 aromatic rings. The van der Waals surface area contributed by atoms with Crippen LogP contribution in [0.3, 0.4) is 0 Å². The van der Waals surface area contributed by atoms with Crippen LogP contribution in [-0.2, 0) is 34.0 Å². The molecule has 1 saturated carbocycles. The Morgan fingerprint density at radius 1 is 1.21 bits per heavy atom. The minimum atomic E-state index is -5.08. The maximum atomic E-state index is 12.7. The number of carbonyl (C=O) groups excluding carboxylic acids is 1. The molecule has 9 nitrogen and oxygen atoms in total. The highest BCUT2D eigenvalue weighted by molar-refractivity contribution is 5.82. The molecule has 1 N–H and O–H groups in total. The van der Waals surface area contributed by atoms with Crippen molar-refractivity contribution in [1.82, 2.24) is 24.6 Å². The SMILES string of the molecule is CN(C)Cc1nnc2n1CCCN(C(=O)C1[C@H]3COC[C@@H]13)C2.O=C(O)C(F)(F)F. The van der Waals surface area contributed by atoms with Gasteiger partial charge in [-0.05, 0) is 32.4 Å². The van der Waals surface area contributed by atoms with Gasteiger partial charge in [-0.15, -0.1) is 10.2 Å². The molecule has 29 heavy (non-hydrogen) atoms. The van der Waals surface area contributed by atoms with E-state index in [-0.39, 0.29) is 5.92 Å². The van der Waals surface area contributed by atoms with E-state index < -0.39 is 12.1 Å². The largest absolute Gasteiger partial charge is 0.490 e. The van der Waals surface area contributed by atoms with Gasteiger partial charge in [0.1, 0.15) is 5.82 Å². The first kappa shape index (κ1) is 21.5. The average molecular weight is 419 g/mol. The third kappa shape index (κ3) is 4.86. The zero-order chi connectivity index (χ0) is 21.3. The monoisotopic (exact) mass is 419 g/mol. The third-order valence-electron chi connectivity index (χ3n) is 5.30. The molecule has 1 saturated heterocycles. The van der Waals surface area contributed by atoms with E-state index in [9.17, 15) is 18.0 Å². The Morgan fingerprint density at radius 2 is 1.83 bits per heavy atom. The number of fused-ring (bicyclic) bond motifs is 2. The van der Waals surface area contributed by atoms with Gasteiger partial charge in [-0.25, -0.2) is 4.79 Å². The molecule has 162 valence electrons. The van der Waals surface area contributed by atoms with E-state index in [1.807, 2.05) is 19.0 Å². The molecule has 1 amide bonds. The highest BCUT2D eigenvalue weighted by atomic mass is 19.4. The zero-order valence-corrected chi connectivity index (χ0v) is 16.2. The molecule has 2 aliphatic heterocycles. The van der Waals surface area contributed by atoms with Crippen molar-refractivity contribution in [2.75, 3.05) is 33.9 Å². The summed E-state index contributed by atoms with van der Waals surface area (Å²) in [5.74, 6) is 0.590. The molecule has 3 heterocycles. The molecule has 12 heteroatoms. The van der Waals surface area contributed by atoms with Crippen LogP contribution >= 0.6 is 0 Å². The summed E-state index contributed by atoms with van der Waals surface area (Å²) < 4.78 is 39.3. The number of nitrogens with zero attached hydrogens (tertiary/aromatic N) is 5. The van der Waals surface area contributed by atoms with E-state index in [1.54, 1.807) is 0 Å². The maximum absolute atomic E-state index is 12.7. The van der Waals surface area contributed by atoms with Gasteiger partial charge in [0.15, 0.2) is 5.82 Å². The number of carboxylic acid groups (broad SMARTS) is 1. The van der Waals surface area contributed by atoms with Crippen LogP contribution in [0.4, 0.5) is 13.2 Å². The minimum absolute atomic E-state index is 0.199. The first-order valence-corrected chi connectivity index (χ1v) is 9.32. The standard InChI is InChI=1S/C15H23N5O2.C2HF3O2/c1-18(2)6-12-16-17-13-7-19(4-3-5-20(12)13)15(21)14-10-8-22-9-11(10)14;3-2(4,5)1(6)7/h10-11,14H,3-9H2,1-2H3;(H,6,7)/t10-,11+,14?;. The Kier molecular flexibility index (Phi) is 6.13. The number of carbonyl (C=O) groups is 2. The molecule has 0 spiro atoms. The van der Waals surface area contributed by atoms with E-state index in [1.165, 1.54) is 0 Å². The minimum Gasteiger partial charge on any atom is -0.475 e.